The minimum atomic E-state index is -4.86. The lowest BCUT2D eigenvalue weighted by Gasteiger charge is -2.24. The normalized spacial score (nSPS) is 21.1. The van der Waals surface area contributed by atoms with Crippen LogP contribution in [0.25, 0.3) is 0 Å². The van der Waals surface area contributed by atoms with Crippen LogP contribution in [-0.4, -0.2) is 36.0 Å². The number of primary amides is 1. The lowest BCUT2D eigenvalue weighted by Crippen LogP contribution is -2.32. The second-order valence-electron chi connectivity index (χ2n) is 7.76. The molecule has 0 aromatic heterocycles. The van der Waals surface area contributed by atoms with E-state index in [-0.39, 0.29) is 10.8 Å². The van der Waals surface area contributed by atoms with Gasteiger partial charge in [-0.3, -0.25) is 9.59 Å². The number of halogens is 3. The summed E-state index contributed by atoms with van der Waals surface area (Å²) in [6.07, 6.45) is -4.20. The predicted octanol–water partition coefficient (Wildman–Crippen LogP) is 2.96. The smallest absolute Gasteiger partial charge is 0.362 e. The van der Waals surface area contributed by atoms with Crippen LogP contribution in [0.3, 0.4) is 0 Å². The zero-order valence-electron chi connectivity index (χ0n) is 14.2. The summed E-state index contributed by atoms with van der Waals surface area (Å²) in [7, 11) is 0. The molecule has 0 aromatic carbocycles. The Morgan fingerprint density at radius 1 is 1.23 bits per heavy atom. The summed E-state index contributed by atoms with van der Waals surface area (Å²) in [4.78, 5) is 23.2. The van der Waals surface area contributed by atoms with Crippen molar-refractivity contribution in [3.05, 3.63) is 0 Å². The highest BCUT2D eigenvalue weighted by Gasteiger charge is 2.38. The van der Waals surface area contributed by atoms with Crippen molar-refractivity contribution in [3.63, 3.8) is 0 Å². The fraction of sp³-hybridized carbons (Fsp3) is 0.867. The molecule has 7 heteroatoms. The Morgan fingerprint density at radius 2 is 1.64 bits per heavy atom. The molecule has 22 heavy (non-hydrogen) atoms. The van der Waals surface area contributed by atoms with Crippen LogP contribution in [0.5, 0.6) is 0 Å². The molecule has 1 rings (SSSR count). The summed E-state index contributed by atoms with van der Waals surface area (Å²) in [6.45, 7) is 15.0. The van der Waals surface area contributed by atoms with Gasteiger partial charge in [0.15, 0.2) is 0 Å². The first kappa shape index (κ1) is 20.7. The molecule has 2 N–H and O–H groups in total. The Labute approximate surface area is 130 Å². The average Bonchev–Trinajstić information content (AvgIpc) is 2.50. The second kappa shape index (κ2) is 6.87. The van der Waals surface area contributed by atoms with Crippen molar-refractivity contribution < 1.29 is 22.8 Å². The predicted molar refractivity (Wildman–Crippen MR) is 78.8 cm³/mol. The summed E-state index contributed by atoms with van der Waals surface area (Å²) in [5, 5.41) is 0. The van der Waals surface area contributed by atoms with Gasteiger partial charge in [0, 0.05) is 19.5 Å². The topological polar surface area (TPSA) is 63.4 Å². The highest BCUT2D eigenvalue weighted by Crippen LogP contribution is 2.35. The first-order chi connectivity index (χ1) is 9.56. The van der Waals surface area contributed by atoms with Crippen molar-refractivity contribution in [3.8, 4) is 0 Å². The Balaban J connectivity index is 0.000000534. The van der Waals surface area contributed by atoms with Crippen molar-refractivity contribution in [1.82, 2.24) is 4.90 Å². The number of carbonyl (C=O) groups excluding carboxylic acids is 2. The molecule has 0 saturated carbocycles. The quantitative estimate of drug-likeness (QED) is 0.806. The minimum absolute atomic E-state index is 0.104. The van der Waals surface area contributed by atoms with Crippen molar-refractivity contribution in [1.29, 1.82) is 0 Å². The van der Waals surface area contributed by atoms with E-state index in [1.807, 2.05) is 4.90 Å². The van der Waals surface area contributed by atoms with Crippen LogP contribution in [0.4, 0.5) is 13.2 Å². The average molecular weight is 324 g/mol. The molecule has 0 radical (unpaired) electrons. The van der Waals surface area contributed by atoms with Gasteiger partial charge >= 0.3 is 12.1 Å². The van der Waals surface area contributed by atoms with E-state index in [2.05, 4.69) is 47.3 Å². The lowest BCUT2D eigenvalue weighted by atomic mass is 9.84. The molecular weight excluding hydrogens is 297 g/mol. The number of nitrogens with zero attached hydrogens (tertiary/aromatic N) is 1. The Hall–Kier alpha value is -1.27. The molecule has 0 bridgehead atoms. The van der Waals surface area contributed by atoms with E-state index in [0.717, 1.165) is 13.1 Å². The zero-order chi connectivity index (χ0) is 17.9. The van der Waals surface area contributed by atoms with Gasteiger partial charge in [-0.15, -0.1) is 0 Å². The fourth-order valence-electron chi connectivity index (χ4n) is 2.05. The SMILES string of the molecule is CC1CN(C(=O)CC(C)(C)C)CC1(C)C.NC(=O)C(F)(F)F. The van der Waals surface area contributed by atoms with E-state index in [1.54, 1.807) is 0 Å². The first-order valence-corrected chi connectivity index (χ1v) is 7.20. The third-order valence-corrected chi connectivity index (χ3v) is 3.74. The van der Waals surface area contributed by atoms with E-state index in [0.29, 0.717) is 18.2 Å². The maximum atomic E-state index is 12.0. The lowest BCUT2D eigenvalue weighted by molar-refractivity contribution is -0.169. The molecule has 1 fully saturated rings. The van der Waals surface area contributed by atoms with Gasteiger partial charge in [0.25, 0.3) is 0 Å². The van der Waals surface area contributed by atoms with Gasteiger partial charge in [-0.05, 0) is 16.7 Å². The van der Waals surface area contributed by atoms with E-state index in [1.165, 1.54) is 0 Å². The van der Waals surface area contributed by atoms with Crippen LogP contribution >= 0.6 is 0 Å². The largest absolute Gasteiger partial charge is 0.470 e. The van der Waals surface area contributed by atoms with Gasteiger partial charge in [0.05, 0.1) is 0 Å². The van der Waals surface area contributed by atoms with Gasteiger partial charge in [-0.25, -0.2) is 0 Å². The molecule has 1 aliphatic rings. The van der Waals surface area contributed by atoms with Crippen LogP contribution < -0.4 is 5.73 Å². The van der Waals surface area contributed by atoms with E-state index in [4.69, 9.17) is 4.79 Å². The summed E-state index contributed by atoms with van der Waals surface area (Å²) >= 11 is 0. The second-order valence-corrected chi connectivity index (χ2v) is 7.76. The van der Waals surface area contributed by atoms with Crippen LogP contribution in [0.15, 0.2) is 0 Å². The van der Waals surface area contributed by atoms with Gasteiger partial charge in [-0.1, -0.05) is 41.5 Å². The van der Waals surface area contributed by atoms with E-state index < -0.39 is 12.1 Å². The Bertz CT molecular complexity index is 412. The number of rotatable bonds is 1. The number of hydrogen-bond donors (Lipinski definition) is 1. The highest BCUT2D eigenvalue weighted by molar-refractivity contribution is 5.79. The third-order valence-electron chi connectivity index (χ3n) is 3.74. The molecule has 0 aliphatic carbocycles. The van der Waals surface area contributed by atoms with Crippen LogP contribution in [0.1, 0.15) is 48.0 Å². The maximum absolute atomic E-state index is 12.0. The summed E-state index contributed by atoms with van der Waals surface area (Å²) in [5.41, 5.74) is 4.20. The number of hydrogen-bond acceptors (Lipinski definition) is 2. The van der Waals surface area contributed by atoms with E-state index in [9.17, 15) is 18.0 Å². The molecule has 2 amide bonds. The molecule has 0 aromatic rings. The van der Waals surface area contributed by atoms with Crippen LogP contribution in [0.2, 0.25) is 0 Å². The fourth-order valence-corrected chi connectivity index (χ4v) is 2.05. The molecule has 1 unspecified atom stereocenters. The molecule has 4 nitrogen and oxygen atoms in total. The van der Waals surface area contributed by atoms with Crippen molar-refractivity contribution in [2.75, 3.05) is 13.1 Å². The number of alkyl halides is 3. The molecule has 0 spiro atoms. The summed E-state index contributed by atoms with van der Waals surface area (Å²) in [5.74, 6) is -1.33. The van der Waals surface area contributed by atoms with Crippen LogP contribution in [0, 0.1) is 16.7 Å². The molecule has 1 atom stereocenters. The standard InChI is InChI=1S/C13H25NO.C2H2F3NO/c1-10-8-14(9-13(10,5)6)11(15)7-12(2,3)4;3-2(4,5)1(6)7/h10H,7-9H2,1-6H3;(H2,6,7). The van der Waals surface area contributed by atoms with Gasteiger partial charge < -0.3 is 10.6 Å². The maximum Gasteiger partial charge on any atom is 0.470 e. The zero-order valence-corrected chi connectivity index (χ0v) is 14.2. The molecule has 1 saturated heterocycles. The third kappa shape index (κ3) is 7.13. The van der Waals surface area contributed by atoms with Crippen molar-refractivity contribution >= 4 is 11.8 Å². The Morgan fingerprint density at radius 3 is 1.86 bits per heavy atom. The highest BCUT2D eigenvalue weighted by atomic mass is 19.4. The van der Waals surface area contributed by atoms with E-state index >= 15 is 0 Å². The van der Waals surface area contributed by atoms with Gasteiger partial charge in [-0.2, -0.15) is 13.2 Å². The van der Waals surface area contributed by atoms with Crippen molar-refractivity contribution in [2.24, 2.45) is 22.5 Å². The summed E-state index contributed by atoms with van der Waals surface area (Å²) < 4.78 is 32.1. The minimum Gasteiger partial charge on any atom is -0.362 e. The molecule has 130 valence electrons. The molecular formula is C15H27F3N2O2. The van der Waals surface area contributed by atoms with Gasteiger partial charge in [0.2, 0.25) is 5.91 Å². The monoisotopic (exact) mass is 324 g/mol. The first-order valence-electron chi connectivity index (χ1n) is 7.20. The molecule has 1 heterocycles. The summed E-state index contributed by atoms with van der Waals surface area (Å²) in [6, 6.07) is 0. The number of carbonyl (C=O) groups is 2. The number of amides is 2. The molecule has 1 aliphatic heterocycles. The Kier molecular flexibility index (Phi) is 6.48. The van der Waals surface area contributed by atoms with Crippen molar-refractivity contribution in [2.45, 2.75) is 54.1 Å². The number of nitrogens with two attached hydrogens (primary N) is 1. The van der Waals surface area contributed by atoms with Gasteiger partial charge in [0.1, 0.15) is 0 Å². The number of likely N-dealkylation sites (tertiary alicyclic amines) is 1. The van der Waals surface area contributed by atoms with Crippen LogP contribution in [-0.2, 0) is 9.59 Å².